The summed E-state index contributed by atoms with van der Waals surface area (Å²) in [5.41, 5.74) is 1.90. The summed E-state index contributed by atoms with van der Waals surface area (Å²) in [6, 6.07) is 7.87. The second-order valence-electron chi connectivity index (χ2n) is 7.63. The first-order valence-electron chi connectivity index (χ1n) is 10.4. The highest BCUT2D eigenvalue weighted by atomic mass is 127. The lowest BCUT2D eigenvalue weighted by Gasteiger charge is -2.13. The van der Waals surface area contributed by atoms with E-state index in [4.69, 9.17) is 4.99 Å². The van der Waals surface area contributed by atoms with Gasteiger partial charge in [0.15, 0.2) is 5.96 Å². The molecule has 1 aromatic carbocycles. The van der Waals surface area contributed by atoms with Gasteiger partial charge < -0.3 is 15.5 Å². The normalized spacial score (nSPS) is 14.5. The first kappa shape index (κ1) is 24.7. The predicted octanol–water partition coefficient (Wildman–Crippen LogP) is 4.07. The Morgan fingerprint density at radius 1 is 1.21 bits per heavy atom. The number of guanidine groups is 1. The molecule has 0 aromatic heterocycles. The van der Waals surface area contributed by atoms with E-state index in [0.717, 1.165) is 49.1 Å². The molecule has 1 aliphatic rings. The molecule has 0 heterocycles. The topological polar surface area (TPSA) is 56.7 Å². The predicted molar refractivity (Wildman–Crippen MR) is 129 cm³/mol. The zero-order chi connectivity index (χ0) is 19.5. The van der Waals surface area contributed by atoms with Gasteiger partial charge in [-0.05, 0) is 49.8 Å². The van der Waals surface area contributed by atoms with Crippen molar-refractivity contribution in [1.29, 1.82) is 0 Å². The van der Waals surface area contributed by atoms with Crippen LogP contribution in [0.5, 0.6) is 0 Å². The van der Waals surface area contributed by atoms with E-state index < -0.39 is 0 Å². The van der Waals surface area contributed by atoms with Gasteiger partial charge in [-0.2, -0.15) is 0 Å². The number of aliphatic imine (C=N–C) groups is 1. The third-order valence-electron chi connectivity index (χ3n) is 5.15. The molecule has 1 aromatic rings. The first-order chi connectivity index (χ1) is 13.1. The number of amides is 1. The van der Waals surface area contributed by atoms with Crippen LogP contribution in [0.3, 0.4) is 0 Å². The van der Waals surface area contributed by atoms with Crippen molar-refractivity contribution in [2.45, 2.75) is 51.9 Å². The Labute approximate surface area is 187 Å². The maximum atomic E-state index is 12.1. The highest BCUT2D eigenvalue weighted by Crippen LogP contribution is 2.28. The Morgan fingerprint density at radius 3 is 2.64 bits per heavy atom. The molecule has 2 N–H and O–H groups in total. The number of hydrogen-bond donors (Lipinski definition) is 2. The molecular formula is C22H37IN4O. The quantitative estimate of drug-likeness (QED) is 0.233. The van der Waals surface area contributed by atoms with Gasteiger partial charge in [-0.25, -0.2) is 0 Å². The molecule has 0 atom stereocenters. The molecule has 1 saturated carbocycles. The molecule has 2 rings (SSSR count). The summed E-state index contributed by atoms with van der Waals surface area (Å²) in [5, 5.41) is 6.73. The van der Waals surface area contributed by atoms with Crippen LogP contribution in [-0.2, 0) is 6.42 Å². The van der Waals surface area contributed by atoms with Gasteiger partial charge in [-0.3, -0.25) is 9.79 Å². The molecule has 1 aliphatic carbocycles. The lowest BCUT2D eigenvalue weighted by molar-refractivity contribution is 0.0827. The number of benzene rings is 1. The Hall–Kier alpha value is -1.31. The number of rotatable bonds is 9. The van der Waals surface area contributed by atoms with Crippen molar-refractivity contribution in [3.05, 3.63) is 35.4 Å². The van der Waals surface area contributed by atoms with Crippen LogP contribution in [0.1, 0.15) is 61.4 Å². The van der Waals surface area contributed by atoms with Gasteiger partial charge in [0.2, 0.25) is 0 Å². The summed E-state index contributed by atoms with van der Waals surface area (Å²) in [4.78, 5) is 18.4. The third kappa shape index (κ3) is 8.80. The van der Waals surface area contributed by atoms with Crippen LogP contribution >= 0.6 is 24.0 Å². The Balaban J connectivity index is 0.00000392. The van der Waals surface area contributed by atoms with Gasteiger partial charge >= 0.3 is 0 Å². The average Bonchev–Trinajstić information content (AvgIpc) is 3.18. The van der Waals surface area contributed by atoms with Crippen molar-refractivity contribution in [2.24, 2.45) is 10.9 Å². The smallest absolute Gasteiger partial charge is 0.253 e. The average molecular weight is 500 g/mol. The van der Waals surface area contributed by atoms with Crippen LogP contribution in [0.15, 0.2) is 29.3 Å². The van der Waals surface area contributed by atoms with Gasteiger partial charge in [-0.15, -0.1) is 24.0 Å². The minimum atomic E-state index is 0. The molecule has 0 radical (unpaired) electrons. The summed E-state index contributed by atoms with van der Waals surface area (Å²) in [7, 11) is 3.56. The third-order valence-corrected chi connectivity index (χ3v) is 5.15. The van der Waals surface area contributed by atoms with Crippen LogP contribution < -0.4 is 10.6 Å². The zero-order valence-electron chi connectivity index (χ0n) is 17.7. The molecule has 1 amide bonds. The van der Waals surface area contributed by atoms with Crippen molar-refractivity contribution in [2.75, 3.05) is 33.7 Å². The number of nitrogens with zero attached hydrogens (tertiary/aromatic N) is 2. The molecule has 0 aliphatic heterocycles. The maximum absolute atomic E-state index is 12.1. The van der Waals surface area contributed by atoms with Crippen molar-refractivity contribution in [3.63, 3.8) is 0 Å². The van der Waals surface area contributed by atoms with Crippen molar-refractivity contribution in [3.8, 4) is 0 Å². The van der Waals surface area contributed by atoms with Crippen LogP contribution in [-0.4, -0.2) is 50.5 Å². The minimum Gasteiger partial charge on any atom is -0.357 e. The van der Waals surface area contributed by atoms with Crippen LogP contribution in [0, 0.1) is 5.92 Å². The largest absolute Gasteiger partial charge is 0.357 e. The monoisotopic (exact) mass is 500 g/mol. The molecule has 0 unspecified atom stereocenters. The van der Waals surface area contributed by atoms with E-state index in [1.165, 1.54) is 38.5 Å². The van der Waals surface area contributed by atoms with Gasteiger partial charge in [0, 0.05) is 39.3 Å². The molecule has 0 bridgehead atoms. The van der Waals surface area contributed by atoms with Crippen LogP contribution in [0.25, 0.3) is 0 Å². The number of halogens is 1. The Kier molecular flexibility index (Phi) is 12.2. The summed E-state index contributed by atoms with van der Waals surface area (Å²) >= 11 is 0. The lowest BCUT2D eigenvalue weighted by Crippen LogP contribution is -2.38. The number of carbonyl (C=O) groups is 1. The Bertz CT molecular complexity index is 612. The molecule has 1 fully saturated rings. The van der Waals surface area contributed by atoms with E-state index in [9.17, 15) is 4.79 Å². The highest BCUT2D eigenvalue weighted by Gasteiger charge is 2.13. The first-order valence-corrected chi connectivity index (χ1v) is 10.4. The van der Waals surface area contributed by atoms with Crippen LogP contribution in [0.2, 0.25) is 0 Å². The summed E-state index contributed by atoms with van der Waals surface area (Å²) in [5.74, 6) is 1.87. The number of hydrogen-bond acceptors (Lipinski definition) is 2. The van der Waals surface area contributed by atoms with Gasteiger partial charge in [0.05, 0.1) is 0 Å². The van der Waals surface area contributed by atoms with E-state index in [1.807, 2.05) is 18.2 Å². The van der Waals surface area contributed by atoms with E-state index in [-0.39, 0.29) is 29.9 Å². The fourth-order valence-electron chi connectivity index (χ4n) is 3.65. The van der Waals surface area contributed by atoms with E-state index in [2.05, 4.69) is 23.6 Å². The summed E-state index contributed by atoms with van der Waals surface area (Å²) in [6.45, 7) is 4.64. The van der Waals surface area contributed by atoms with Gasteiger partial charge in [0.25, 0.3) is 5.91 Å². The molecule has 6 heteroatoms. The fraction of sp³-hybridized carbons (Fsp3) is 0.636. The Morgan fingerprint density at radius 2 is 1.96 bits per heavy atom. The fourth-order valence-corrected chi connectivity index (χ4v) is 3.65. The van der Waals surface area contributed by atoms with Crippen molar-refractivity contribution >= 4 is 35.8 Å². The second-order valence-corrected chi connectivity index (χ2v) is 7.63. The van der Waals surface area contributed by atoms with E-state index in [1.54, 1.807) is 19.0 Å². The minimum absolute atomic E-state index is 0. The molecule has 0 spiro atoms. The standard InChI is InChI=1S/C22H36N4O.HI/c1-4-23-22(24-15-8-12-18-9-5-6-10-18)25-16-14-19-11-7-13-20(17-19)21(27)26(2)3;/h7,11,13,17-18H,4-6,8-10,12,14-16H2,1-3H3,(H2,23,24,25);1H. The van der Waals surface area contributed by atoms with Crippen LogP contribution in [0.4, 0.5) is 0 Å². The molecule has 5 nitrogen and oxygen atoms in total. The molecule has 28 heavy (non-hydrogen) atoms. The summed E-state index contributed by atoms with van der Waals surface area (Å²) in [6.07, 6.45) is 9.01. The summed E-state index contributed by atoms with van der Waals surface area (Å²) < 4.78 is 0. The van der Waals surface area contributed by atoms with Gasteiger partial charge in [0.1, 0.15) is 0 Å². The number of nitrogens with one attached hydrogen (secondary N) is 2. The molecule has 158 valence electrons. The lowest BCUT2D eigenvalue weighted by atomic mass is 10.0. The number of carbonyl (C=O) groups excluding carboxylic acids is 1. The molecule has 0 saturated heterocycles. The van der Waals surface area contributed by atoms with Gasteiger partial charge in [-0.1, -0.05) is 37.8 Å². The second kappa shape index (κ2) is 13.8. The SMILES string of the molecule is CCNC(=NCCCC1CCCC1)NCCc1cccc(C(=O)N(C)C)c1.I. The maximum Gasteiger partial charge on any atom is 0.253 e. The zero-order valence-corrected chi connectivity index (χ0v) is 20.0. The van der Waals surface area contributed by atoms with E-state index in [0.29, 0.717) is 0 Å². The van der Waals surface area contributed by atoms with Crippen molar-refractivity contribution in [1.82, 2.24) is 15.5 Å². The van der Waals surface area contributed by atoms with E-state index >= 15 is 0 Å². The highest BCUT2D eigenvalue weighted by molar-refractivity contribution is 14.0. The van der Waals surface area contributed by atoms with Crippen molar-refractivity contribution < 1.29 is 4.79 Å². The molecular weight excluding hydrogens is 463 g/mol.